The minimum atomic E-state index is -0.480. The molecule has 0 unspecified atom stereocenters. The van der Waals surface area contributed by atoms with Crippen LogP contribution < -0.4 is 10.3 Å². The Labute approximate surface area is 145 Å². The minimum absolute atomic E-state index is 0.0781. The van der Waals surface area contributed by atoms with Crippen LogP contribution in [0.15, 0.2) is 53.3 Å². The Hall–Kier alpha value is -3.08. The van der Waals surface area contributed by atoms with Crippen molar-refractivity contribution in [1.82, 2.24) is 4.98 Å². The molecule has 0 fully saturated rings. The van der Waals surface area contributed by atoms with Gasteiger partial charge < -0.3 is 14.5 Å². The van der Waals surface area contributed by atoms with Crippen molar-refractivity contribution < 1.29 is 14.3 Å². The van der Waals surface area contributed by atoms with Gasteiger partial charge in [-0.3, -0.25) is 4.79 Å². The first-order valence-corrected chi connectivity index (χ1v) is 8.10. The van der Waals surface area contributed by atoms with Gasteiger partial charge in [0.05, 0.1) is 23.3 Å². The van der Waals surface area contributed by atoms with Gasteiger partial charge in [0.15, 0.2) is 0 Å². The van der Waals surface area contributed by atoms with Gasteiger partial charge in [0.2, 0.25) is 0 Å². The van der Waals surface area contributed by atoms with Gasteiger partial charge >= 0.3 is 5.97 Å². The molecule has 25 heavy (non-hydrogen) atoms. The predicted octanol–water partition coefficient (Wildman–Crippen LogP) is 3.59. The van der Waals surface area contributed by atoms with Gasteiger partial charge in [-0.25, -0.2) is 4.79 Å². The maximum absolute atomic E-state index is 12.2. The fourth-order valence-electron chi connectivity index (χ4n) is 2.62. The normalized spacial score (nSPS) is 10.6. The molecule has 1 N–H and O–H groups in total. The molecule has 128 valence electrons. The number of hydrogen-bond donors (Lipinski definition) is 1. The molecule has 1 heterocycles. The first kappa shape index (κ1) is 16.8. The Morgan fingerprint density at radius 2 is 1.88 bits per heavy atom. The number of aromatic amines is 1. The summed E-state index contributed by atoms with van der Waals surface area (Å²) in [4.78, 5) is 27.2. The largest absolute Gasteiger partial charge is 0.494 e. The maximum Gasteiger partial charge on any atom is 0.338 e. The molecular formula is C20H19NO4. The molecule has 0 spiro atoms. The number of ether oxygens (including phenoxy) is 2. The lowest BCUT2D eigenvalue weighted by Gasteiger charge is -2.08. The molecule has 3 rings (SSSR count). The van der Waals surface area contributed by atoms with Crippen molar-refractivity contribution in [1.29, 1.82) is 0 Å². The van der Waals surface area contributed by atoms with Crippen molar-refractivity contribution in [3.8, 4) is 5.75 Å². The van der Waals surface area contributed by atoms with Crippen LogP contribution in [0.3, 0.4) is 0 Å². The molecule has 0 bridgehead atoms. The zero-order valence-corrected chi connectivity index (χ0v) is 14.2. The van der Waals surface area contributed by atoms with Crippen LogP contribution in [0, 0.1) is 6.92 Å². The molecule has 3 aromatic rings. The smallest absolute Gasteiger partial charge is 0.338 e. The number of aromatic nitrogens is 1. The molecule has 0 atom stereocenters. The molecule has 0 radical (unpaired) electrons. The number of para-hydroxylation sites is 1. The number of fused-ring (bicyclic) bond motifs is 1. The highest BCUT2D eigenvalue weighted by Crippen LogP contribution is 2.16. The van der Waals surface area contributed by atoms with Crippen LogP contribution in [-0.4, -0.2) is 17.6 Å². The molecule has 2 aromatic carbocycles. The van der Waals surface area contributed by atoms with E-state index in [0.29, 0.717) is 23.5 Å². The fraction of sp³-hybridized carbons (Fsp3) is 0.200. The van der Waals surface area contributed by atoms with E-state index in [1.54, 1.807) is 30.3 Å². The summed E-state index contributed by atoms with van der Waals surface area (Å²) in [5.74, 6) is 0.215. The third kappa shape index (κ3) is 3.71. The van der Waals surface area contributed by atoms with E-state index in [1.807, 2.05) is 32.0 Å². The van der Waals surface area contributed by atoms with Gasteiger partial charge in [-0.2, -0.15) is 0 Å². The molecule has 0 aliphatic heterocycles. The second-order valence-electron chi connectivity index (χ2n) is 5.70. The van der Waals surface area contributed by atoms with Crippen molar-refractivity contribution in [3.05, 3.63) is 75.6 Å². The van der Waals surface area contributed by atoms with E-state index in [1.165, 1.54) is 0 Å². The number of rotatable bonds is 5. The average Bonchev–Trinajstić information content (AvgIpc) is 2.61. The minimum Gasteiger partial charge on any atom is -0.494 e. The summed E-state index contributed by atoms with van der Waals surface area (Å²) in [6.07, 6.45) is 0. The number of carbonyl (C=O) groups is 1. The number of nitrogens with one attached hydrogen (secondary N) is 1. The van der Waals surface area contributed by atoms with Gasteiger partial charge in [0, 0.05) is 0 Å². The second-order valence-corrected chi connectivity index (χ2v) is 5.70. The third-order valence-electron chi connectivity index (χ3n) is 3.92. The lowest BCUT2D eigenvalue weighted by molar-refractivity contribution is 0.0471. The van der Waals surface area contributed by atoms with E-state index in [-0.39, 0.29) is 12.2 Å². The summed E-state index contributed by atoms with van der Waals surface area (Å²) in [5, 5.41) is 0.909. The zero-order chi connectivity index (χ0) is 17.8. The third-order valence-corrected chi connectivity index (χ3v) is 3.92. The van der Waals surface area contributed by atoms with Crippen LogP contribution in [0.4, 0.5) is 0 Å². The molecule has 0 aliphatic carbocycles. The van der Waals surface area contributed by atoms with Gasteiger partial charge in [-0.1, -0.05) is 18.2 Å². The quantitative estimate of drug-likeness (QED) is 0.722. The molecule has 5 heteroatoms. The lowest BCUT2D eigenvalue weighted by atomic mass is 10.1. The molecule has 1 aromatic heterocycles. The van der Waals surface area contributed by atoms with Crippen LogP contribution in [-0.2, 0) is 11.3 Å². The topological polar surface area (TPSA) is 68.4 Å². The van der Waals surface area contributed by atoms with Crippen LogP contribution in [0.25, 0.3) is 10.9 Å². The van der Waals surface area contributed by atoms with Crippen molar-refractivity contribution in [2.45, 2.75) is 20.5 Å². The highest BCUT2D eigenvalue weighted by Gasteiger charge is 2.10. The number of pyridine rings is 1. The molecule has 0 aliphatic rings. The highest BCUT2D eigenvalue weighted by atomic mass is 16.5. The second kappa shape index (κ2) is 7.21. The van der Waals surface area contributed by atoms with Gasteiger partial charge in [0.1, 0.15) is 12.4 Å². The van der Waals surface area contributed by atoms with E-state index < -0.39 is 5.97 Å². The van der Waals surface area contributed by atoms with Crippen LogP contribution in [0.5, 0.6) is 5.75 Å². The Morgan fingerprint density at radius 1 is 1.12 bits per heavy atom. The van der Waals surface area contributed by atoms with Crippen LogP contribution in [0.2, 0.25) is 0 Å². The zero-order valence-electron chi connectivity index (χ0n) is 14.2. The van der Waals surface area contributed by atoms with Crippen molar-refractivity contribution >= 4 is 16.9 Å². The Morgan fingerprint density at radius 3 is 2.60 bits per heavy atom. The summed E-state index contributed by atoms with van der Waals surface area (Å²) in [6.45, 7) is 4.31. The molecular weight excluding hydrogens is 318 g/mol. The predicted molar refractivity (Wildman–Crippen MR) is 96.0 cm³/mol. The van der Waals surface area contributed by atoms with Crippen LogP contribution >= 0.6 is 0 Å². The maximum atomic E-state index is 12.2. The van der Waals surface area contributed by atoms with E-state index in [9.17, 15) is 9.59 Å². The van der Waals surface area contributed by atoms with Gasteiger partial charge in [-0.05, 0) is 55.1 Å². The van der Waals surface area contributed by atoms with Crippen molar-refractivity contribution in [2.24, 2.45) is 0 Å². The first-order chi connectivity index (χ1) is 12.1. The lowest BCUT2D eigenvalue weighted by Crippen LogP contribution is -2.16. The Balaban J connectivity index is 1.74. The number of esters is 1. The summed E-state index contributed by atoms with van der Waals surface area (Å²) in [7, 11) is 0. The molecule has 0 amide bonds. The average molecular weight is 337 g/mol. The standard InChI is InChI=1S/C20H19NO4/c1-3-24-17-9-7-14(8-10-17)20(23)25-12-16-11-15-6-4-5-13(2)18(15)21-19(16)22/h4-11H,3,12H2,1-2H3,(H,21,22). The summed E-state index contributed by atoms with van der Waals surface area (Å²) in [5.41, 5.74) is 2.37. The SMILES string of the molecule is CCOc1ccc(C(=O)OCc2cc3cccc(C)c3[nH]c2=O)cc1. The number of aryl methyl sites for hydroxylation is 1. The van der Waals surface area contributed by atoms with Gasteiger partial charge in [0.25, 0.3) is 5.56 Å². The van der Waals surface area contributed by atoms with E-state index >= 15 is 0 Å². The number of benzene rings is 2. The highest BCUT2D eigenvalue weighted by molar-refractivity contribution is 5.89. The number of H-pyrrole nitrogens is 1. The molecule has 5 nitrogen and oxygen atoms in total. The van der Waals surface area contributed by atoms with E-state index in [4.69, 9.17) is 9.47 Å². The van der Waals surface area contributed by atoms with Gasteiger partial charge in [-0.15, -0.1) is 0 Å². The van der Waals surface area contributed by atoms with Crippen LogP contribution in [0.1, 0.15) is 28.4 Å². The fourth-order valence-corrected chi connectivity index (χ4v) is 2.62. The van der Waals surface area contributed by atoms with Crippen molar-refractivity contribution in [3.63, 3.8) is 0 Å². The summed E-state index contributed by atoms with van der Waals surface area (Å²) in [6, 6.07) is 14.2. The summed E-state index contributed by atoms with van der Waals surface area (Å²) < 4.78 is 10.6. The first-order valence-electron chi connectivity index (χ1n) is 8.10. The Bertz CT molecular complexity index is 958. The summed E-state index contributed by atoms with van der Waals surface area (Å²) >= 11 is 0. The van der Waals surface area contributed by atoms with E-state index in [2.05, 4.69) is 4.98 Å². The number of carbonyl (C=O) groups excluding carboxylic acids is 1. The number of hydrogen-bond acceptors (Lipinski definition) is 4. The molecule has 0 saturated heterocycles. The van der Waals surface area contributed by atoms with E-state index in [0.717, 1.165) is 16.5 Å². The molecule has 0 saturated carbocycles. The van der Waals surface area contributed by atoms with Crippen molar-refractivity contribution in [2.75, 3.05) is 6.61 Å². The Kier molecular flexibility index (Phi) is 4.84. The monoisotopic (exact) mass is 337 g/mol.